The van der Waals surface area contributed by atoms with Crippen LogP contribution in [0, 0.1) is 18.3 Å². The van der Waals surface area contributed by atoms with Crippen LogP contribution in [0.1, 0.15) is 34.5 Å². The van der Waals surface area contributed by atoms with Gasteiger partial charge in [-0.3, -0.25) is 4.79 Å². The Morgan fingerprint density at radius 1 is 1.11 bits per heavy atom. The van der Waals surface area contributed by atoms with Crippen LogP contribution in [0.5, 0.6) is 0 Å². The van der Waals surface area contributed by atoms with E-state index in [-0.39, 0.29) is 18.0 Å². The molecule has 3 rings (SSSR count). The van der Waals surface area contributed by atoms with Crippen molar-refractivity contribution in [2.24, 2.45) is 0 Å². The molecule has 0 unspecified atom stereocenters. The number of nitrogens with zero attached hydrogens (tertiary/aromatic N) is 1. The summed E-state index contributed by atoms with van der Waals surface area (Å²) in [4.78, 5) is 13.9. The molecule has 27 heavy (non-hydrogen) atoms. The quantitative estimate of drug-likeness (QED) is 0.690. The maximum Gasteiger partial charge on any atom is 0.282 e. The molecule has 1 aromatic heterocycles. The Morgan fingerprint density at radius 2 is 1.85 bits per heavy atom. The van der Waals surface area contributed by atoms with Crippen LogP contribution < -0.4 is 10.6 Å². The molecule has 5 heteroatoms. The SMILES string of the molecule is Cc1ccc([C@@H]([NH2+][C@@H](C)C(=O)Nc2ccccc2C#N)c2cccs2)cc1. The minimum absolute atomic E-state index is 0.0533. The van der Waals surface area contributed by atoms with Gasteiger partial charge in [-0.2, -0.15) is 5.26 Å². The number of para-hydroxylation sites is 1. The summed E-state index contributed by atoms with van der Waals surface area (Å²) in [5, 5.41) is 16.2. The lowest BCUT2D eigenvalue weighted by Gasteiger charge is -2.20. The Hall–Kier alpha value is -2.94. The van der Waals surface area contributed by atoms with Crippen molar-refractivity contribution in [3.05, 3.63) is 87.6 Å². The third kappa shape index (κ3) is 4.62. The summed E-state index contributed by atoms with van der Waals surface area (Å²) in [7, 11) is 0. The van der Waals surface area contributed by atoms with E-state index in [9.17, 15) is 10.1 Å². The van der Waals surface area contributed by atoms with E-state index < -0.39 is 0 Å². The summed E-state index contributed by atoms with van der Waals surface area (Å²) in [6.45, 7) is 3.95. The number of hydrogen-bond acceptors (Lipinski definition) is 3. The van der Waals surface area contributed by atoms with E-state index >= 15 is 0 Å². The number of rotatable bonds is 6. The van der Waals surface area contributed by atoms with Gasteiger partial charge in [-0.1, -0.05) is 48.0 Å². The normalized spacial score (nSPS) is 12.8. The number of nitriles is 1. The van der Waals surface area contributed by atoms with Crippen molar-refractivity contribution >= 4 is 22.9 Å². The largest absolute Gasteiger partial charge is 0.326 e. The standard InChI is InChI=1S/C22H21N3OS/c1-15-9-11-17(12-10-15)21(20-8-5-13-27-20)24-16(2)22(26)25-19-7-4-3-6-18(19)14-23/h3-13,16,21,24H,1-2H3,(H,25,26)/p+1/t16-,21+/m0/s1. The average molecular weight is 377 g/mol. The lowest BCUT2D eigenvalue weighted by Crippen LogP contribution is -2.92. The highest BCUT2D eigenvalue weighted by molar-refractivity contribution is 7.10. The molecule has 3 aromatic rings. The van der Waals surface area contributed by atoms with Gasteiger partial charge in [0.25, 0.3) is 5.91 Å². The van der Waals surface area contributed by atoms with Crippen LogP contribution in [0.2, 0.25) is 0 Å². The second-order valence-corrected chi connectivity index (χ2v) is 7.51. The number of hydrogen-bond donors (Lipinski definition) is 2. The summed E-state index contributed by atoms with van der Waals surface area (Å²) >= 11 is 1.69. The van der Waals surface area contributed by atoms with Crippen LogP contribution in [0.4, 0.5) is 5.69 Å². The zero-order valence-electron chi connectivity index (χ0n) is 15.3. The topological polar surface area (TPSA) is 69.5 Å². The smallest absolute Gasteiger partial charge is 0.282 e. The fourth-order valence-electron chi connectivity index (χ4n) is 2.92. The molecule has 0 saturated carbocycles. The monoisotopic (exact) mass is 376 g/mol. The van der Waals surface area contributed by atoms with Crippen molar-refractivity contribution in [2.75, 3.05) is 5.32 Å². The van der Waals surface area contributed by atoms with Gasteiger partial charge in [0, 0.05) is 5.56 Å². The predicted octanol–water partition coefficient (Wildman–Crippen LogP) is 3.61. The Balaban J connectivity index is 1.78. The molecule has 0 spiro atoms. The fourth-order valence-corrected chi connectivity index (χ4v) is 3.76. The van der Waals surface area contributed by atoms with Crippen LogP contribution >= 0.6 is 11.3 Å². The zero-order chi connectivity index (χ0) is 19.2. The number of quaternary nitrogens is 1. The molecule has 2 atom stereocenters. The van der Waals surface area contributed by atoms with Gasteiger partial charge in [0.1, 0.15) is 12.1 Å². The molecule has 4 nitrogen and oxygen atoms in total. The number of anilines is 1. The van der Waals surface area contributed by atoms with Crippen molar-refractivity contribution in [3.63, 3.8) is 0 Å². The number of carbonyl (C=O) groups is 1. The lowest BCUT2D eigenvalue weighted by atomic mass is 10.0. The summed E-state index contributed by atoms with van der Waals surface area (Å²) < 4.78 is 0. The van der Waals surface area contributed by atoms with Crippen molar-refractivity contribution in [3.8, 4) is 6.07 Å². The van der Waals surface area contributed by atoms with Gasteiger partial charge in [0.15, 0.2) is 6.04 Å². The van der Waals surface area contributed by atoms with Gasteiger partial charge in [-0.15, -0.1) is 11.3 Å². The predicted molar refractivity (Wildman–Crippen MR) is 109 cm³/mol. The first-order valence-corrected chi connectivity index (χ1v) is 9.71. The number of thiophene rings is 1. The molecule has 0 radical (unpaired) electrons. The summed E-state index contributed by atoms with van der Waals surface area (Å²) in [6.07, 6.45) is 0. The third-order valence-corrected chi connectivity index (χ3v) is 5.44. The van der Waals surface area contributed by atoms with Gasteiger partial charge < -0.3 is 10.6 Å². The van der Waals surface area contributed by atoms with E-state index in [1.54, 1.807) is 29.5 Å². The average Bonchev–Trinajstić information content (AvgIpc) is 3.21. The lowest BCUT2D eigenvalue weighted by molar-refractivity contribution is -0.703. The van der Waals surface area contributed by atoms with Crippen LogP contribution in [0.3, 0.4) is 0 Å². The molecule has 136 valence electrons. The van der Waals surface area contributed by atoms with Gasteiger partial charge >= 0.3 is 0 Å². The van der Waals surface area contributed by atoms with E-state index in [1.807, 2.05) is 19.1 Å². The molecule has 0 aliphatic rings. The first-order valence-electron chi connectivity index (χ1n) is 8.83. The summed E-state index contributed by atoms with van der Waals surface area (Å²) in [5.74, 6) is -0.119. The first kappa shape index (κ1) is 18.8. The summed E-state index contributed by atoms with van der Waals surface area (Å²) in [5.41, 5.74) is 3.39. The number of nitrogens with two attached hydrogens (primary N) is 1. The fraction of sp³-hybridized carbons (Fsp3) is 0.182. The molecule has 1 amide bonds. The summed E-state index contributed by atoms with van der Waals surface area (Å²) in [6, 6.07) is 21.4. The van der Waals surface area contributed by atoms with Gasteiger partial charge in [0.05, 0.1) is 16.1 Å². The van der Waals surface area contributed by atoms with E-state index in [4.69, 9.17) is 0 Å². The van der Waals surface area contributed by atoms with Crippen LogP contribution in [-0.2, 0) is 4.79 Å². The van der Waals surface area contributed by atoms with Crippen molar-refractivity contribution < 1.29 is 10.1 Å². The van der Waals surface area contributed by atoms with Crippen molar-refractivity contribution in [1.29, 1.82) is 5.26 Å². The molecule has 0 aliphatic carbocycles. The molecule has 1 heterocycles. The molecular weight excluding hydrogens is 354 g/mol. The minimum Gasteiger partial charge on any atom is -0.326 e. The van der Waals surface area contributed by atoms with Crippen LogP contribution in [0.25, 0.3) is 0 Å². The van der Waals surface area contributed by atoms with Crippen molar-refractivity contribution in [1.82, 2.24) is 0 Å². The highest BCUT2D eigenvalue weighted by Gasteiger charge is 2.26. The Labute approximate surface area is 163 Å². The van der Waals surface area contributed by atoms with E-state index in [0.29, 0.717) is 11.3 Å². The molecule has 0 aliphatic heterocycles. The zero-order valence-corrected chi connectivity index (χ0v) is 16.2. The minimum atomic E-state index is -0.315. The van der Waals surface area contributed by atoms with Crippen LogP contribution in [0.15, 0.2) is 66.0 Å². The first-order chi connectivity index (χ1) is 13.1. The maximum atomic E-state index is 12.7. The second kappa shape index (κ2) is 8.63. The highest BCUT2D eigenvalue weighted by atomic mass is 32.1. The van der Waals surface area contributed by atoms with E-state index in [0.717, 1.165) is 0 Å². The number of benzene rings is 2. The maximum absolute atomic E-state index is 12.7. The number of aryl methyl sites for hydroxylation is 1. The molecular formula is C22H22N3OS+. The van der Waals surface area contributed by atoms with Gasteiger partial charge in [0.2, 0.25) is 0 Å². The third-order valence-electron chi connectivity index (χ3n) is 4.49. The Bertz CT molecular complexity index is 942. The van der Waals surface area contributed by atoms with Crippen LogP contribution in [-0.4, -0.2) is 11.9 Å². The Morgan fingerprint density at radius 3 is 2.52 bits per heavy atom. The molecule has 0 fully saturated rings. The second-order valence-electron chi connectivity index (χ2n) is 6.53. The molecule has 3 N–H and O–H groups in total. The van der Waals surface area contributed by atoms with E-state index in [1.165, 1.54) is 16.0 Å². The molecule has 0 saturated heterocycles. The number of carbonyl (C=O) groups excluding carboxylic acids is 1. The highest BCUT2D eigenvalue weighted by Crippen LogP contribution is 2.23. The number of nitrogens with one attached hydrogen (secondary N) is 1. The number of amides is 1. The molecule has 2 aromatic carbocycles. The van der Waals surface area contributed by atoms with Gasteiger partial charge in [-0.05, 0) is 37.4 Å². The Kier molecular flexibility index (Phi) is 6.02. The van der Waals surface area contributed by atoms with Gasteiger partial charge in [-0.25, -0.2) is 0 Å². The van der Waals surface area contributed by atoms with E-state index in [2.05, 4.69) is 59.3 Å². The molecule has 0 bridgehead atoms. The van der Waals surface area contributed by atoms with Crippen molar-refractivity contribution in [2.45, 2.75) is 25.9 Å².